The molecule has 0 aromatic carbocycles. The van der Waals surface area contributed by atoms with Crippen LogP contribution in [0.3, 0.4) is 0 Å². The van der Waals surface area contributed by atoms with Gasteiger partial charge in [-0.1, -0.05) is 154 Å². The molecule has 254 valence electrons. The molecule has 43 heavy (non-hydrogen) atoms. The first-order valence-corrected chi connectivity index (χ1v) is 18.6. The second-order valence-corrected chi connectivity index (χ2v) is 12.8. The predicted molar refractivity (Wildman–Crippen MR) is 185 cm³/mol. The molecule has 0 fully saturated rings. The number of hydrogen-bond donors (Lipinski definition) is 4. The minimum absolute atomic E-state index is 0.159. The Morgan fingerprint density at radius 2 is 0.953 bits per heavy atom. The summed E-state index contributed by atoms with van der Waals surface area (Å²) in [6.07, 6.45) is 38.4. The molecule has 4 N–H and O–H groups in total. The lowest BCUT2D eigenvalue weighted by Gasteiger charge is -2.26. The maximum Gasteiger partial charge on any atom is 0.220 e. The highest BCUT2D eigenvalue weighted by Crippen LogP contribution is 2.14. The first-order valence-electron chi connectivity index (χ1n) is 18.6. The molecule has 0 aromatic rings. The van der Waals surface area contributed by atoms with Crippen molar-refractivity contribution < 1.29 is 20.1 Å². The van der Waals surface area contributed by atoms with E-state index in [9.17, 15) is 20.1 Å². The van der Waals surface area contributed by atoms with Crippen LogP contribution in [0.4, 0.5) is 0 Å². The Balaban J connectivity index is 3.76. The Hall–Kier alpha value is -1.17. The maximum absolute atomic E-state index is 12.3. The highest BCUT2D eigenvalue weighted by atomic mass is 16.3. The average molecular weight is 608 g/mol. The van der Waals surface area contributed by atoms with Crippen LogP contribution in [-0.2, 0) is 4.79 Å². The molecule has 0 aliphatic rings. The average Bonchev–Trinajstić information content (AvgIpc) is 3.01. The van der Waals surface area contributed by atoms with E-state index >= 15 is 0 Å². The Labute approximate surface area is 267 Å². The highest BCUT2D eigenvalue weighted by molar-refractivity contribution is 5.76. The number of allylic oxidation sites excluding steroid dienone is 4. The number of carbonyl (C=O) groups is 1. The molecule has 3 unspecified atom stereocenters. The fourth-order valence-corrected chi connectivity index (χ4v) is 5.59. The van der Waals surface area contributed by atoms with E-state index in [1.165, 1.54) is 116 Å². The minimum atomic E-state index is -1.16. The van der Waals surface area contributed by atoms with Crippen molar-refractivity contribution in [3.8, 4) is 0 Å². The smallest absolute Gasteiger partial charge is 0.220 e. The molecule has 0 heterocycles. The van der Waals surface area contributed by atoms with Crippen LogP contribution in [0, 0.1) is 0 Å². The normalized spacial score (nSPS) is 14.1. The molecule has 0 radical (unpaired) electrons. The summed E-state index contributed by atoms with van der Waals surface area (Å²) in [4.78, 5) is 12.3. The van der Waals surface area contributed by atoms with E-state index in [1.807, 2.05) is 0 Å². The highest BCUT2D eigenvalue weighted by Gasteiger charge is 2.26. The second kappa shape index (κ2) is 33.7. The van der Waals surface area contributed by atoms with Crippen LogP contribution in [0.25, 0.3) is 0 Å². The molecule has 0 aliphatic carbocycles. The Kier molecular flexibility index (Phi) is 32.8. The van der Waals surface area contributed by atoms with Crippen LogP contribution in [0.2, 0.25) is 0 Å². The third-order valence-electron chi connectivity index (χ3n) is 8.54. The first-order chi connectivity index (χ1) is 21.1. The molecule has 0 aliphatic heterocycles. The fraction of sp³-hybridized carbons (Fsp3) is 0.868. The molecule has 0 saturated carbocycles. The van der Waals surface area contributed by atoms with Crippen LogP contribution < -0.4 is 5.32 Å². The lowest BCUT2D eigenvalue weighted by Crippen LogP contribution is -2.50. The minimum Gasteiger partial charge on any atom is -0.394 e. The zero-order chi connectivity index (χ0) is 31.6. The summed E-state index contributed by atoms with van der Waals surface area (Å²) in [6.45, 7) is 4.14. The molecular formula is C38H73NO4. The van der Waals surface area contributed by atoms with Crippen molar-refractivity contribution in [3.05, 3.63) is 24.3 Å². The number of nitrogens with one attached hydrogen (secondary N) is 1. The van der Waals surface area contributed by atoms with Crippen molar-refractivity contribution in [2.45, 2.75) is 205 Å². The largest absolute Gasteiger partial charge is 0.394 e. The number of aliphatic hydroxyl groups excluding tert-OH is 3. The van der Waals surface area contributed by atoms with Gasteiger partial charge in [0.25, 0.3) is 0 Å². The van der Waals surface area contributed by atoms with Gasteiger partial charge in [0, 0.05) is 6.42 Å². The van der Waals surface area contributed by atoms with Crippen molar-refractivity contribution in [1.82, 2.24) is 5.32 Å². The predicted octanol–water partition coefficient (Wildman–Crippen LogP) is 9.87. The number of amides is 1. The van der Waals surface area contributed by atoms with Gasteiger partial charge in [-0.3, -0.25) is 4.79 Å². The summed E-state index contributed by atoms with van der Waals surface area (Å²) in [5, 5.41) is 33.3. The van der Waals surface area contributed by atoms with Gasteiger partial charge in [-0.15, -0.1) is 0 Å². The summed E-state index contributed by atoms with van der Waals surface area (Å²) in [6, 6.07) is -0.826. The molecule has 0 rings (SSSR count). The van der Waals surface area contributed by atoms with Crippen LogP contribution in [0.1, 0.15) is 187 Å². The zero-order valence-electron chi connectivity index (χ0n) is 28.6. The molecule has 5 heteroatoms. The SMILES string of the molecule is CCCCCCCCC/C=C/CC/C=C/CCCC(O)C(O)C(CO)NC(=O)CCCCCCCCCCCCCCC. The van der Waals surface area contributed by atoms with Crippen LogP contribution in [0.15, 0.2) is 24.3 Å². The monoisotopic (exact) mass is 608 g/mol. The van der Waals surface area contributed by atoms with Crippen LogP contribution >= 0.6 is 0 Å². The molecule has 1 amide bonds. The summed E-state index contributed by atoms with van der Waals surface area (Å²) in [7, 11) is 0. The van der Waals surface area contributed by atoms with Crippen LogP contribution in [-0.4, -0.2) is 46.1 Å². The molecule has 3 atom stereocenters. The van der Waals surface area contributed by atoms with Gasteiger partial charge in [0.2, 0.25) is 5.91 Å². The third-order valence-corrected chi connectivity index (χ3v) is 8.54. The van der Waals surface area contributed by atoms with Gasteiger partial charge >= 0.3 is 0 Å². The molecule has 0 bridgehead atoms. The van der Waals surface area contributed by atoms with E-state index in [0.29, 0.717) is 12.8 Å². The number of hydrogen-bond acceptors (Lipinski definition) is 4. The Morgan fingerprint density at radius 1 is 0.558 bits per heavy atom. The van der Waals surface area contributed by atoms with Gasteiger partial charge < -0.3 is 20.6 Å². The van der Waals surface area contributed by atoms with Crippen molar-refractivity contribution in [1.29, 1.82) is 0 Å². The van der Waals surface area contributed by atoms with Crippen molar-refractivity contribution in [3.63, 3.8) is 0 Å². The summed E-state index contributed by atoms with van der Waals surface area (Å²) in [5.41, 5.74) is 0. The van der Waals surface area contributed by atoms with Gasteiger partial charge in [0.05, 0.1) is 18.8 Å². The molecule has 0 saturated heterocycles. The topological polar surface area (TPSA) is 89.8 Å². The number of unbranched alkanes of at least 4 members (excludes halogenated alkanes) is 21. The first kappa shape index (κ1) is 41.8. The number of aliphatic hydroxyl groups is 3. The lowest BCUT2D eigenvalue weighted by molar-refractivity contribution is -0.124. The lowest BCUT2D eigenvalue weighted by atomic mass is 10.0. The van der Waals surface area contributed by atoms with E-state index in [1.54, 1.807) is 0 Å². The van der Waals surface area contributed by atoms with E-state index in [0.717, 1.165) is 44.9 Å². The standard InChI is InChI=1S/C38H73NO4/c1-3-5-7-9-11-13-15-17-18-19-21-22-24-26-28-30-32-36(41)38(43)35(34-40)39-37(42)33-31-29-27-25-23-20-16-14-12-10-8-6-4-2/h18-19,24,26,35-36,38,40-41,43H,3-17,20-23,25,27-34H2,1-2H3,(H,39,42)/b19-18+,26-24+. The van der Waals surface area contributed by atoms with Gasteiger partial charge in [0.1, 0.15) is 6.10 Å². The number of rotatable bonds is 33. The summed E-state index contributed by atoms with van der Waals surface area (Å²) >= 11 is 0. The van der Waals surface area contributed by atoms with Gasteiger partial charge in [-0.05, 0) is 51.4 Å². The Bertz CT molecular complexity index is 635. The van der Waals surface area contributed by atoms with Gasteiger partial charge in [-0.2, -0.15) is 0 Å². The third kappa shape index (κ3) is 29.3. The summed E-state index contributed by atoms with van der Waals surface area (Å²) in [5.74, 6) is -0.159. The van der Waals surface area contributed by atoms with E-state index in [2.05, 4.69) is 43.5 Å². The summed E-state index contributed by atoms with van der Waals surface area (Å²) < 4.78 is 0. The van der Waals surface area contributed by atoms with Crippen molar-refractivity contribution >= 4 is 5.91 Å². The van der Waals surface area contributed by atoms with E-state index < -0.39 is 18.2 Å². The Morgan fingerprint density at radius 3 is 1.42 bits per heavy atom. The number of carbonyl (C=O) groups excluding carboxylic acids is 1. The van der Waals surface area contributed by atoms with Crippen molar-refractivity contribution in [2.24, 2.45) is 0 Å². The zero-order valence-corrected chi connectivity index (χ0v) is 28.6. The van der Waals surface area contributed by atoms with Gasteiger partial charge in [0.15, 0.2) is 0 Å². The van der Waals surface area contributed by atoms with Gasteiger partial charge in [-0.25, -0.2) is 0 Å². The molecule has 0 spiro atoms. The van der Waals surface area contributed by atoms with E-state index in [4.69, 9.17) is 0 Å². The van der Waals surface area contributed by atoms with Crippen molar-refractivity contribution in [2.75, 3.05) is 6.61 Å². The quantitative estimate of drug-likeness (QED) is 0.0441. The fourth-order valence-electron chi connectivity index (χ4n) is 5.59. The second-order valence-electron chi connectivity index (χ2n) is 12.8. The maximum atomic E-state index is 12.3. The molecule has 0 aromatic heterocycles. The molecule has 5 nitrogen and oxygen atoms in total. The van der Waals surface area contributed by atoms with E-state index in [-0.39, 0.29) is 12.5 Å². The molecular weight excluding hydrogens is 534 g/mol. The van der Waals surface area contributed by atoms with Crippen LogP contribution in [0.5, 0.6) is 0 Å².